The molecule has 0 aliphatic carbocycles. The number of non-ortho nitro benzene ring substituents is 1. The van der Waals surface area contributed by atoms with Crippen LogP contribution in [0.2, 0.25) is 0 Å². The summed E-state index contributed by atoms with van der Waals surface area (Å²) in [4.78, 5) is 40.7. The minimum Gasteiger partial charge on any atom is -0.364 e. The van der Waals surface area contributed by atoms with Gasteiger partial charge in [0.1, 0.15) is 4.88 Å². The van der Waals surface area contributed by atoms with Crippen molar-refractivity contribution in [3.05, 3.63) is 81.7 Å². The molecule has 3 aromatic rings. The molecule has 1 aliphatic rings. The third kappa shape index (κ3) is 3.27. The zero-order valence-corrected chi connectivity index (χ0v) is 16.2. The molecule has 29 heavy (non-hydrogen) atoms. The fourth-order valence-electron chi connectivity index (χ4n) is 3.47. The zero-order valence-electron chi connectivity index (χ0n) is 15.4. The number of nitro benzene ring substituents is 1. The van der Waals surface area contributed by atoms with Crippen molar-refractivity contribution in [1.82, 2.24) is 4.90 Å². The lowest BCUT2D eigenvalue weighted by Gasteiger charge is -2.22. The maximum Gasteiger partial charge on any atom is 0.273 e. The van der Waals surface area contributed by atoms with Crippen LogP contribution < -0.4 is 4.90 Å². The number of amides is 2. The molecule has 0 saturated heterocycles. The van der Waals surface area contributed by atoms with Gasteiger partial charge in [0.15, 0.2) is 0 Å². The minimum absolute atomic E-state index is 0.0365. The smallest absolute Gasteiger partial charge is 0.273 e. The average Bonchev–Trinajstić information content (AvgIpc) is 3.05. The Labute approximate surface area is 170 Å². The second-order valence-electron chi connectivity index (χ2n) is 6.58. The highest BCUT2D eigenvalue weighted by atomic mass is 32.1. The fourth-order valence-corrected chi connectivity index (χ4v) is 4.63. The van der Waals surface area contributed by atoms with E-state index in [1.807, 2.05) is 11.0 Å². The lowest BCUT2D eigenvalue weighted by molar-refractivity contribution is -0.384. The molecule has 0 fully saturated rings. The molecule has 0 spiro atoms. The number of anilines is 1. The highest BCUT2D eigenvalue weighted by Gasteiger charge is 2.34. The predicted molar refractivity (Wildman–Crippen MR) is 113 cm³/mol. The molecule has 4 rings (SSSR count). The Hall–Kier alpha value is -3.52. The van der Waals surface area contributed by atoms with Crippen molar-refractivity contribution in [2.45, 2.75) is 0 Å². The van der Waals surface area contributed by atoms with Crippen LogP contribution in [-0.2, 0) is 0 Å². The number of imide groups is 1. The van der Waals surface area contributed by atoms with Gasteiger partial charge in [-0.05, 0) is 18.2 Å². The van der Waals surface area contributed by atoms with E-state index in [-0.39, 0.29) is 24.0 Å². The number of thiophene rings is 1. The van der Waals surface area contributed by atoms with Gasteiger partial charge in [-0.25, -0.2) is 0 Å². The molecule has 2 amide bonds. The molecule has 2 aromatic carbocycles. The molecule has 0 saturated carbocycles. The summed E-state index contributed by atoms with van der Waals surface area (Å²) in [5.74, 6) is -0.741. The Balaban J connectivity index is 1.85. The van der Waals surface area contributed by atoms with E-state index in [0.717, 1.165) is 4.70 Å². The third-order valence-corrected chi connectivity index (χ3v) is 5.97. The number of carbonyl (C=O) groups excluding carboxylic acids is 2. The van der Waals surface area contributed by atoms with Crippen molar-refractivity contribution in [1.29, 1.82) is 0 Å². The Morgan fingerprint density at radius 1 is 1.21 bits per heavy atom. The molecule has 0 unspecified atom stereocenters. The summed E-state index contributed by atoms with van der Waals surface area (Å²) in [5, 5.41) is 11.9. The number of benzene rings is 2. The molecular formula is C21H17N3O4S. The molecular weight excluding hydrogens is 390 g/mol. The molecule has 0 atom stereocenters. The van der Waals surface area contributed by atoms with Crippen LogP contribution in [0, 0.1) is 10.1 Å². The van der Waals surface area contributed by atoms with Crippen molar-refractivity contribution < 1.29 is 14.5 Å². The first kappa shape index (κ1) is 18.8. The van der Waals surface area contributed by atoms with Gasteiger partial charge in [0.2, 0.25) is 0 Å². The van der Waals surface area contributed by atoms with Crippen LogP contribution in [0.15, 0.2) is 61.2 Å². The monoisotopic (exact) mass is 407 g/mol. The average molecular weight is 407 g/mol. The molecule has 8 heteroatoms. The molecule has 0 radical (unpaired) electrons. The largest absolute Gasteiger partial charge is 0.364 e. The van der Waals surface area contributed by atoms with Crippen LogP contribution in [-0.4, -0.2) is 41.3 Å². The molecule has 1 aromatic heterocycles. The highest BCUT2D eigenvalue weighted by Crippen LogP contribution is 2.42. The first-order valence-electron chi connectivity index (χ1n) is 8.99. The quantitative estimate of drug-likeness (QED) is 0.281. The molecule has 1 aliphatic heterocycles. The zero-order chi connectivity index (χ0) is 20.5. The normalized spacial score (nSPS) is 13.9. The minimum atomic E-state index is -0.453. The molecule has 2 heterocycles. The van der Waals surface area contributed by atoms with Crippen LogP contribution in [0.25, 0.3) is 10.1 Å². The second kappa shape index (κ2) is 7.48. The van der Waals surface area contributed by atoms with Gasteiger partial charge >= 0.3 is 0 Å². The van der Waals surface area contributed by atoms with Crippen molar-refractivity contribution in [3.8, 4) is 0 Å². The van der Waals surface area contributed by atoms with Crippen LogP contribution in [0.3, 0.4) is 0 Å². The van der Waals surface area contributed by atoms with Gasteiger partial charge in [0, 0.05) is 47.4 Å². The Morgan fingerprint density at radius 3 is 2.66 bits per heavy atom. The Morgan fingerprint density at radius 2 is 1.97 bits per heavy atom. The number of carbonyl (C=O) groups is 2. The van der Waals surface area contributed by atoms with Gasteiger partial charge in [-0.2, -0.15) is 0 Å². The van der Waals surface area contributed by atoms with Gasteiger partial charge < -0.3 is 4.90 Å². The lowest BCUT2D eigenvalue weighted by Crippen LogP contribution is -2.39. The van der Waals surface area contributed by atoms with Crippen molar-refractivity contribution in [2.75, 3.05) is 24.5 Å². The van der Waals surface area contributed by atoms with Crippen molar-refractivity contribution >= 4 is 44.6 Å². The topological polar surface area (TPSA) is 83.8 Å². The van der Waals surface area contributed by atoms with E-state index in [9.17, 15) is 19.7 Å². The van der Waals surface area contributed by atoms with Gasteiger partial charge in [-0.15, -0.1) is 17.9 Å². The number of fused-ring (bicyclic) bond motifs is 3. The molecule has 7 nitrogen and oxygen atoms in total. The molecule has 0 bridgehead atoms. The number of nitro groups is 1. The Bertz CT molecular complexity index is 1140. The van der Waals surface area contributed by atoms with E-state index in [1.54, 1.807) is 36.4 Å². The van der Waals surface area contributed by atoms with E-state index in [4.69, 9.17) is 0 Å². The first-order chi connectivity index (χ1) is 14.0. The summed E-state index contributed by atoms with van der Waals surface area (Å²) >= 11 is 1.25. The SMILES string of the molecule is C=CCN1CCN(C(=O)c2ccccc2)C(=O)c2sc3ccc([N+](=O)[O-])cc3c21. The number of hydrogen-bond donors (Lipinski definition) is 0. The van der Waals surface area contributed by atoms with Crippen molar-refractivity contribution in [3.63, 3.8) is 0 Å². The highest BCUT2D eigenvalue weighted by molar-refractivity contribution is 7.21. The Kier molecular flexibility index (Phi) is 4.85. The first-order valence-corrected chi connectivity index (χ1v) is 9.81. The fraction of sp³-hybridized carbons (Fsp3) is 0.143. The maximum absolute atomic E-state index is 13.3. The standard InChI is InChI=1S/C21H17N3O4S/c1-2-10-22-11-12-23(20(25)14-6-4-3-5-7-14)21(26)19-18(22)16-13-15(24(27)28)8-9-17(16)29-19/h2-9,13H,1,10-12H2. The van der Waals surface area contributed by atoms with Crippen LogP contribution in [0.4, 0.5) is 11.4 Å². The predicted octanol–water partition coefficient (Wildman–Crippen LogP) is 4.10. The van der Waals surface area contributed by atoms with Crippen LogP contribution in [0.1, 0.15) is 20.0 Å². The van der Waals surface area contributed by atoms with Gasteiger partial charge in [-0.3, -0.25) is 24.6 Å². The summed E-state index contributed by atoms with van der Waals surface area (Å²) in [7, 11) is 0. The summed E-state index contributed by atoms with van der Waals surface area (Å²) < 4.78 is 0.761. The van der Waals surface area contributed by atoms with E-state index < -0.39 is 4.92 Å². The number of rotatable bonds is 4. The number of hydrogen-bond acceptors (Lipinski definition) is 6. The molecule has 0 N–H and O–H groups in total. The number of nitrogens with zero attached hydrogens (tertiary/aromatic N) is 3. The van der Waals surface area contributed by atoms with Crippen LogP contribution >= 0.6 is 11.3 Å². The van der Waals surface area contributed by atoms with Gasteiger partial charge in [0.05, 0.1) is 10.6 Å². The maximum atomic E-state index is 13.3. The van der Waals surface area contributed by atoms with Gasteiger partial charge in [0.25, 0.3) is 17.5 Å². The second-order valence-corrected chi connectivity index (χ2v) is 7.63. The van der Waals surface area contributed by atoms with Gasteiger partial charge in [-0.1, -0.05) is 24.3 Å². The summed E-state index contributed by atoms with van der Waals surface area (Å²) in [6.45, 7) is 4.87. The van der Waals surface area contributed by atoms with Crippen LogP contribution in [0.5, 0.6) is 0 Å². The van der Waals surface area contributed by atoms with E-state index in [0.29, 0.717) is 34.6 Å². The van der Waals surface area contributed by atoms with E-state index >= 15 is 0 Å². The van der Waals surface area contributed by atoms with E-state index in [2.05, 4.69) is 6.58 Å². The third-order valence-electron chi connectivity index (χ3n) is 4.82. The summed E-state index contributed by atoms with van der Waals surface area (Å²) in [6, 6.07) is 13.2. The van der Waals surface area contributed by atoms with Crippen molar-refractivity contribution in [2.24, 2.45) is 0 Å². The lowest BCUT2D eigenvalue weighted by atomic mass is 10.1. The summed E-state index contributed by atoms with van der Waals surface area (Å²) in [6.07, 6.45) is 1.71. The molecule has 146 valence electrons. The summed E-state index contributed by atoms with van der Waals surface area (Å²) in [5.41, 5.74) is 1.03. The van der Waals surface area contributed by atoms with E-state index in [1.165, 1.54) is 28.4 Å².